The molecule has 1 saturated heterocycles. The smallest absolute Gasteiger partial charge is 0.356 e. The average molecular weight is 579 g/mol. The summed E-state index contributed by atoms with van der Waals surface area (Å²) in [6, 6.07) is 24.9. The van der Waals surface area contributed by atoms with Crippen molar-refractivity contribution in [2.24, 2.45) is 0 Å². The van der Waals surface area contributed by atoms with Crippen LogP contribution in [-0.4, -0.2) is 78.7 Å². The molecule has 0 saturated carbocycles. The van der Waals surface area contributed by atoms with E-state index in [0.29, 0.717) is 17.1 Å². The highest BCUT2D eigenvalue weighted by Crippen LogP contribution is 2.25. The molecule has 2 amide bonds. The number of rotatable bonds is 15. The van der Waals surface area contributed by atoms with Gasteiger partial charge in [-0.15, -0.1) is 0 Å². The third-order valence-corrected chi connectivity index (χ3v) is 5.94. The number of amides is 2. The molecule has 0 spiro atoms. The van der Waals surface area contributed by atoms with Gasteiger partial charge in [-0.1, -0.05) is 66.7 Å². The van der Waals surface area contributed by atoms with Gasteiger partial charge in [-0.2, -0.15) is 0 Å². The summed E-state index contributed by atoms with van der Waals surface area (Å²) in [4.78, 5) is 50.7. The minimum atomic E-state index is -2.00. The molecule has 42 heavy (non-hydrogen) atoms. The first-order chi connectivity index (χ1) is 20.4. The number of aliphatic hydroxyl groups is 1. The van der Waals surface area contributed by atoms with Crippen LogP contribution in [0.2, 0.25) is 0 Å². The second-order valence-corrected chi connectivity index (χ2v) is 8.94. The number of hydrogen-bond acceptors (Lipinski definition) is 10. The minimum Gasteiger partial charge on any atom is -0.484 e. The van der Waals surface area contributed by atoms with Gasteiger partial charge in [0.1, 0.15) is 24.7 Å². The third kappa shape index (κ3) is 8.53. The fourth-order valence-corrected chi connectivity index (χ4v) is 3.88. The lowest BCUT2D eigenvalue weighted by Gasteiger charge is -2.47. The molecular weight excluding hydrogens is 548 g/mol. The first-order valence-corrected chi connectivity index (χ1v) is 13.1. The molecule has 1 unspecified atom stereocenters. The van der Waals surface area contributed by atoms with E-state index in [2.05, 4.69) is 5.32 Å². The Morgan fingerprint density at radius 3 is 1.98 bits per heavy atom. The molecule has 0 radical (unpaired) electrons. The summed E-state index contributed by atoms with van der Waals surface area (Å²) < 4.78 is 26.6. The van der Waals surface area contributed by atoms with Crippen LogP contribution < -0.4 is 14.8 Å². The predicted octanol–water partition coefficient (Wildman–Crippen LogP) is 1.42. The quantitative estimate of drug-likeness (QED) is 0.154. The number of likely N-dealkylation sites (tertiary alicyclic amines) is 1. The van der Waals surface area contributed by atoms with Crippen LogP contribution in [0, 0.1) is 0 Å². The van der Waals surface area contributed by atoms with Crippen molar-refractivity contribution >= 4 is 23.8 Å². The fraction of sp³-hybridized carbons (Fsp3) is 0.267. The molecule has 0 bridgehead atoms. The fourth-order valence-electron chi connectivity index (χ4n) is 3.88. The lowest BCUT2D eigenvalue weighted by molar-refractivity contribution is -0.221. The van der Waals surface area contributed by atoms with E-state index in [1.807, 2.05) is 6.07 Å². The Bertz CT molecular complexity index is 1320. The van der Waals surface area contributed by atoms with Crippen molar-refractivity contribution in [3.8, 4) is 11.5 Å². The van der Waals surface area contributed by atoms with Crippen molar-refractivity contribution in [2.75, 3.05) is 26.4 Å². The van der Waals surface area contributed by atoms with Crippen molar-refractivity contribution in [1.82, 2.24) is 10.2 Å². The molecule has 3 aromatic carbocycles. The Kier molecular flexibility index (Phi) is 10.8. The topological polar surface area (TPSA) is 150 Å². The zero-order chi connectivity index (χ0) is 29.7. The van der Waals surface area contributed by atoms with Gasteiger partial charge < -0.3 is 34.1 Å². The number of aliphatic hydroxyl groups excluding tert-OH is 1. The van der Waals surface area contributed by atoms with Gasteiger partial charge in [0, 0.05) is 0 Å². The SMILES string of the molecule is O=C(COc1ccccc1)N[C@@H]1C(=O)N(C(O)C(=O)OCc2ccccc2)[C@@H]1OCCOC(=O)COc1ccccc1. The Labute approximate surface area is 241 Å². The van der Waals surface area contributed by atoms with E-state index < -0.39 is 42.3 Å². The lowest BCUT2D eigenvalue weighted by Crippen LogP contribution is -2.75. The second kappa shape index (κ2) is 15.2. The Morgan fingerprint density at radius 1 is 0.786 bits per heavy atom. The van der Waals surface area contributed by atoms with Crippen LogP contribution in [0.15, 0.2) is 91.0 Å². The molecule has 1 aliphatic heterocycles. The highest BCUT2D eigenvalue weighted by Gasteiger charge is 2.54. The first-order valence-electron chi connectivity index (χ1n) is 13.1. The summed E-state index contributed by atoms with van der Waals surface area (Å²) in [7, 11) is 0. The van der Waals surface area contributed by atoms with Crippen LogP contribution in [0.5, 0.6) is 11.5 Å². The predicted molar refractivity (Wildman–Crippen MR) is 146 cm³/mol. The summed E-state index contributed by atoms with van der Waals surface area (Å²) in [5, 5.41) is 13.1. The maximum atomic E-state index is 12.9. The second-order valence-electron chi connectivity index (χ2n) is 8.94. The van der Waals surface area contributed by atoms with Gasteiger partial charge in [0.2, 0.25) is 6.23 Å². The van der Waals surface area contributed by atoms with E-state index in [4.69, 9.17) is 23.7 Å². The molecule has 2 N–H and O–H groups in total. The number of β-lactam (4-membered cyclic amide) rings is 1. The lowest BCUT2D eigenvalue weighted by atomic mass is 10.0. The molecule has 1 fully saturated rings. The molecule has 3 atom stereocenters. The number of hydrogen-bond donors (Lipinski definition) is 2. The van der Waals surface area contributed by atoms with Gasteiger partial charge in [0.15, 0.2) is 25.5 Å². The van der Waals surface area contributed by atoms with Crippen molar-refractivity contribution in [3.05, 3.63) is 96.6 Å². The third-order valence-electron chi connectivity index (χ3n) is 5.94. The van der Waals surface area contributed by atoms with Crippen LogP contribution in [0.1, 0.15) is 5.56 Å². The van der Waals surface area contributed by atoms with E-state index in [9.17, 15) is 24.3 Å². The molecule has 3 aromatic rings. The molecule has 0 aromatic heterocycles. The number of carbonyl (C=O) groups is 4. The highest BCUT2D eigenvalue weighted by molar-refractivity contribution is 5.95. The van der Waals surface area contributed by atoms with E-state index in [0.717, 1.165) is 4.90 Å². The van der Waals surface area contributed by atoms with Crippen molar-refractivity contribution in [1.29, 1.82) is 0 Å². The van der Waals surface area contributed by atoms with Gasteiger partial charge in [0.25, 0.3) is 11.8 Å². The maximum absolute atomic E-state index is 12.9. The van der Waals surface area contributed by atoms with Gasteiger partial charge in [-0.25, -0.2) is 9.59 Å². The number of nitrogens with one attached hydrogen (secondary N) is 1. The summed E-state index contributed by atoms with van der Waals surface area (Å²) in [6.07, 6.45) is -3.25. The van der Waals surface area contributed by atoms with Crippen LogP contribution in [0.4, 0.5) is 0 Å². The Hall–Kier alpha value is -4.94. The molecule has 12 nitrogen and oxygen atoms in total. The summed E-state index contributed by atoms with van der Waals surface area (Å²) >= 11 is 0. The number of nitrogens with zero attached hydrogens (tertiary/aromatic N) is 1. The van der Waals surface area contributed by atoms with Crippen molar-refractivity contribution in [2.45, 2.75) is 25.1 Å². The molecule has 220 valence electrons. The highest BCUT2D eigenvalue weighted by atomic mass is 16.6. The molecule has 0 aliphatic carbocycles. The Morgan fingerprint density at radius 2 is 1.36 bits per heavy atom. The molecule has 1 heterocycles. The molecule has 4 rings (SSSR count). The molecule has 12 heteroatoms. The molecule has 1 aliphatic rings. The first kappa shape index (κ1) is 30.0. The van der Waals surface area contributed by atoms with E-state index in [1.54, 1.807) is 84.9 Å². The number of benzene rings is 3. The van der Waals surface area contributed by atoms with Gasteiger partial charge in [-0.05, 0) is 29.8 Å². The maximum Gasteiger partial charge on any atom is 0.356 e. The standard InChI is InChI=1S/C30H30N2O10/c33-24(19-40-22-12-6-2-7-13-22)31-26-27(35)32(28(36)30(37)42-18-21-10-4-1-5-11-21)29(26)39-17-16-38-25(34)20-41-23-14-8-3-9-15-23/h1-15,26,28-29,36H,16-20H2,(H,31,33)/t26-,28?,29-/m1/s1. The number of ether oxygens (including phenoxy) is 5. The zero-order valence-electron chi connectivity index (χ0n) is 22.5. The van der Waals surface area contributed by atoms with Crippen LogP contribution in [0.25, 0.3) is 0 Å². The summed E-state index contributed by atoms with van der Waals surface area (Å²) in [5.74, 6) is -2.19. The summed E-state index contributed by atoms with van der Waals surface area (Å²) in [6.45, 7) is -1.28. The van der Waals surface area contributed by atoms with Crippen LogP contribution >= 0.6 is 0 Å². The Balaban J connectivity index is 1.30. The van der Waals surface area contributed by atoms with Gasteiger partial charge in [0.05, 0.1) is 6.61 Å². The minimum absolute atomic E-state index is 0.123. The number of para-hydroxylation sites is 2. The largest absolute Gasteiger partial charge is 0.484 e. The number of esters is 2. The van der Waals surface area contributed by atoms with Crippen molar-refractivity contribution < 1.29 is 48.0 Å². The van der Waals surface area contributed by atoms with Crippen LogP contribution in [-0.2, 0) is 40.0 Å². The number of carbonyl (C=O) groups excluding carboxylic acids is 4. The van der Waals surface area contributed by atoms with Crippen LogP contribution in [0.3, 0.4) is 0 Å². The average Bonchev–Trinajstić information content (AvgIpc) is 3.03. The van der Waals surface area contributed by atoms with E-state index >= 15 is 0 Å². The van der Waals surface area contributed by atoms with Crippen molar-refractivity contribution in [3.63, 3.8) is 0 Å². The summed E-state index contributed by atoms with van der Waals surface area (Å²) in [5.41, 5.74) is 0.683. The van der Waals surface area contributed by atoms with E-state index in [-0.39, 0.29) is 33.0 Å². The van der Waals surface area contributed by atoms with E-state index in [1.165, 1.54) is 0 Å². The van der Waals surface area contributed by atoms with Gasteiger partial charge in [-0.3, -0.25) is 14.5 Å². The van der Waals surface area contributed by atoms with Gasteiger partial charge >= 0.3 is 11.9 Å². The normalized spacial score (nSPS) is 16.5. The monoisotopic (exact) mass is 578 g/mol. The molecular formula is C30H30N2O10. The zero-order valence-corrected chi connectivity index (χ0v) is 22.5.